The predicted octanol–water partition coefficient (Wildman–Crippen LogP) is 3.54. The van der Waals surface area contributed by atoms with Crippen LogP contribution in [-0.2, 0) is 0 Å². The molecule has 16 heavy (non-hydrogen) atoms. The van der Waals surface area contributed by atoms with Crippen molar-refractivity contribution in [3.05, 3.63) is 40.4 Å². The van der Waals surface area contributed by atoms with Gasteiger partial charge in [-0.15, -0.1) is 0 Å². The van der Waals surface area contributed by atoms with Gasteiger partial charge in [0.25, 0.3) is 0 Å². The molecule has 0 aliphatic carbocycles. The van der Waals surface area contributed by atoms with Gasteiger partial charge in [-0.05, 0) is 30.3 Å². The summed E-state index contributed by atoms with van der Waals surface area (Å²) in [4.78, 5) is 0. The van der Waals surface area contributed by atoms with Gasteiger partial charge in [-0.3, -0.25) is 0 Å². The first-order chi connectivity index (χ1) is 7.61. The normalized spacial score (nSPS) is 10.2. The highest BCUT2D eigenvalue weighted by Gasteiger charge is 2.00. The van der Waals surface area contributed by atoms with Crippen molar-refractivity contribution in [3.8, 4) is 5.75 Å². The lowest BCUT2D eigenvalue weighted by Crippen LogP contribution is -2.18. The highest BCUT2D eigenvalue weighted by Crippen LogP contribution is 2.24. The molecular weight excluding hydrogens is 245 g/mol. The third-order valence-electron chi connectivity index (χ3n) is 1.90. The molecule has 0 radical (unpaired) electrons. The fraction of sp³-hybridized carbons (Fsp3) is 0.333. The van der Waals surface area contributed by atoms with Crippen molar-refractivity contribution in [1.82, 2.24) is 5.32 Å². The number of hydrogen-bond donors (Lipinski definition) is 1. The van der Waals surface area contributed by atoms with Crippen molar-refractivity contribution >= 4 is 23.2 Å². The van der Waals surface area contributed by atoms with Gasteiger partial charge in [-0.2, -0.15) is 0 Å². The van der Waals surface area contributed by atoms with Crippen LogP contribution in [-0.4, -0.2) is 19.7 Å². The summed E-state index contributed by atoms with van der Waals surface area (Å²) in [6.07, 6.45) is 0. The van der Waals surface area contributed by atoms with Crippen molar-refractivity contribution in [1.29, 1.82) is 0 Å². The SMILES string of the molecule is C=C(CNCC)COc1cc(Cl)cc(Cl)c1. The van der Waals surface area contributed by atoms with Crippen LogP contribution in [0.4, 0.5) is 0 Å². The van der Waals surface area contributed by atoms with Gasteiger partial charge in [0.2, 0.25) is 0 Å². The number of halogens is 2. The number of nitrogens with one attached hydrogen (secondary N) is 1. The fourth-order valence-corrected chi connectivity index (χ4v) is 1.66. The number of likely N-dealkylation sites (N-methyl/N-ethyl adjacent to an activating group) is 1. The zero-order valence-corrected chi connectivity index (χ0v) is 10.7. The Morgan fingerprint density at radius 2 is 1.94 bits per heavy atom. The molecule has 0 aliphatic rings. The number of hydrogen-bond acceptors (Lipinski definition) is 2. The standard InChI is InChI=1S/C12H15Cl2NO/c1-3-15-7-9(2)8-16-12-5-10(13)4-11(14)6-12/h4-6,15H,2-3,7-8H2,1H3. The fourth-order valence-electron chi connectivity index (χ4n) is 1.15. The van der Waals surface area contributed by atoms with Crippen molar-refractivity contribution in [2.45, 2.75) is 6.92 Å². The molecular formula is C12H15Cl2NO. The van der Waals surface area contributed by atoms with Crippen molar-refractivity contribution in [3.63, 3.8) is 0 Å². The number of benzene rings is 1. The Kier molecular flexibility index (Phi) is 5.67. The van der Waals surface area contributed by atoms with E-state index in [0.717, 1.165) is 18.7 Å². The lowest BCUT2D eigenvalue weighted by Gasteiger charge is -2.09. The lowest BCUT2D eigenvalue weighted by molar-refractivity contribution is 0.348. The van der Waals surface area contributed by atoms with Crippen molar-refractivity contribution < 1.29 is 4.74 Å². The average molecular weight is 260 g/mol. The van der Waals surface area contributed by atoms with Crippen LogP contribution in [0.3, 0.4) is 0 Å². The summed E-state index contributed by atoms with van der Waals surface area (Å²) in [6.45, 7) is 8.08. The molecule has 0 amide bonds. The maximum Gasteiger partial charge on any atom is 0.122 e. The molecule has 0 spiro atoms. The average Bonchev–Trinajstić information content (AvgIpc) is 2.22. The molecule has 88 valence electrons. The zero-order chi connectivity index (χ0) is 12.0. The number of rotatable bonds is 6. The summed E-state index contributed by atoms with van der Waals surface area (Å²) in [5.74, 6) is 0.662. The molecule has 2 nitrogen and oxygen atoms in total. The Morgan fingerprint density at radius 1 is 1.31 bits per heavy atom. The van der Waals surface area contributed by atoms with E-state index >= 15 is 0 Å². The minimum absolute atomic E-state index is 0.462. The molecule has 0 saturated heterocycles. The molecule has 0 heterocycles. The molecule has 1 aromatic carbocycles. The first-order valence-electron chi connectivity index (χ1n) is 5.08. The largest absolute Gasteiger partial charge is 0.489 e. The van der Waals surface area contributed by atoms with Crippen LogP contribution < -0.4 is 10.1 Å². The first-order valence-corrected chi connectivity index (χ1v) is 5.83. The van der Waals surface area contributed by atoms with Gasteiger partial charge in [0.1, 0.15) is 12.4 Å². The van der Waals surface area contributed by atoms with Crippen LogP contribution in [0.15, 0.2) is 30.4 Å². The minimum Gasteiger partial charge on any atom is -0.489 e. The first kappa shape index (κ1) is 13.4. The smallest absolute Gasteiger partial charge is 0.122 e. The Bertz CT molecular complexity index is 346. The molecule has 0 unspecified atom stereocenters. The lowest BCUT2D eigenvalue weighted by atomic mass is 10.3. The quantitative estimate of drug-likeness (QED) is 0.790. The maximum absolute atomic E-state index is 5.85. The summed E-state index contributed by atoms with van der Waals surface area (Å²) < 4.78 is 5.52. The Morgan fingerprint density at radius 3 is 2.50 bits per heavy atom. The van der Waals surface area contributed by atoms with Crippen LogP contribution in [0.1, 0.15) is 6.92 Å². The van der Waals surface area contributed by atoms with Crippen molar-refractivity contribution in [2.24, 2.45) is 0 Å². The third kappa shape index (κ3) is 4.88. The van der Waals surface area contributed by atoms with E-state index in [4.69, 9.17) is 27.9 Å². The summed E-state index contributed by atoms with van der Waals surface area (Å²) in [5.41, 5.74) is 0.984. The summed E-state index contributed by atoms with van der Waals surface area (Å²) in [6, 6.07) is 5.13. The summed E-state index contributed by atoms with van der Waals surface area (Å²) in [5, 5.41) is 4.31. The van der Waals surface area contributed by atoms with E-state index < -0.39 is 0 Å². The summed E-state index contributed by atoms with van der Waals surface area (Å²) in [7, 11) is 0. The van der Waals surface area contributed by atoms with E-state index in [0.29, 0.717) is 22.4 Å². The van der Waals surface area contributed by atoms with Gasteiger partial charge in [0, 0.05) is 16.6 Å². The molecule has 1 rings (SSSR count). The van der Waals surface area contributed by atoms with E-state index in [1.54, 1.807) is 18.2 Å². The Hall–Kier alpha value is -0.700. The van der Waals surface area contributed by atoms with Crippen LogP contribution in [0.2, 0.25) is 10.0 Å². The van der Waals surface area contributed by atoms with Crippen LogP contribution in [0.25, 0.3) is 0 Å². The zero-order valence-electron chi connectivity index (χ0n) is 9.22. The van der Waals surface area contributed by atoms with Crippen LogP contribution in [0.5, 0.6) is 5.75 Å². The van der Waals surface area contributed by atoms with Gasteiger partial charge in [0.05, 0.1) is 0 Å². The maximum atomic E-state index is 5.85. The monoisotopic (exact) mass is 259 g/mol. The molecule has 0 saturated carbocycles. The van der Waals surface area contributed by atoms with E-state index in [9.17, 15) is 0 Å². The molecule has 4 heteroatoms. The Balaban J connectivity index is 2.45. The highest BCUT2D eigenvalue weighted by molar-refractivity contribution is 6.34. The van der Waals surface area contributed by atoms with E-state index in [2.05, 4.69) is 11.9 Å². The second kappa shape index (κ2) is 6.79. The molecule has 0 atom stereocenters. The highest BCUT2D eigenvalue weighted by atomic mass is 35.5. The van der Waals surface area contributed by atoms with Crippen LogP contribution >= 0.6 is 23.2 Å². The second-order valence-corrected chi connectivity index (χ2v) is 4.30. The molecule has 1 aromatic rings. The van der Waals surface area contributed by atoms with Crippen molar-refractivity contribution in [2.75, 3.05) is 19.7 Å². The van der Waals surface area contributed by atoms with Gasteiger partial charge in [-0.1, -0.05) is 36.7 Å². The van der Waals surface area contributed by atoms with E-state index in [1.807, 2.05) is 6.92 Å². The number of ether oxygens (including phenoxy) is 1. The van der Waals surface area contributed by atoms with E-state index in [-0.39, 0.29) is 0 Å². The predicted molar refractivity (Wildman–Crippen MR) is 69.6 cm³/mol. The second-order valence-electron chi connectivity index (χ2n) is 3.42. The van der Waals surface area contributed by atoms with Gasteiger partial charge >= 0.3 is 0 Å². The topological polar surface area (TPSA) is 21.3 Å². The minimum atomic E-state index is 0.462. The molecule has 0 bridgehead atoms. The third-order valence-corrected chi connectivity index (χ3v) is 2.34. The van der Waals surface area contributed by atoms with Crippen LogP contribution in [0, 0.1) is 0 Å². The molecule has 1 N–H and O–H groups in total. The Labute approximate surface area is 106 Å². The van der Waals surface area contributed by atoms with Gasteiger partial charge in [0.15, 0.2) is 0 Å². The molecule has 0 aromatic heterocycles. The van der Waals surface area contributed by atoms with Gasteiger partial charge in [-0.25, -0.2) is 0 Å². The molecule has 0 aliphatic heterocycles. The molecule has 0 fully saturated rings. The van der Waals surface area contributed by atoms with E-state index in [1.165, 1.54) is 0 Å². The van der Waals surface area contributed by atoms with Gasteiger partial charge < -0.3 is 10.1 Å². The summed E-state index contributed by atoms with van der Waals surface area (Å²) >= 11 is 11.7.